The molecule has 8 nitrogen and oxygen atoms in total. The molecular formula is C17H22N4O4. The first kappa shape index (κ1) is 17.4. The van der Waals surface area contributed by atoms with Gasteiger partial charge in [0.1, 0.15) is 12.5 Å². The summed E-state index contributed by atoms with van der Waals surface area (Å²) in [5, 5.41) is 3.23. The Hall–Kier alpha value is -2.45. The first-order valence-electron chi connectivity index (χ1n) is 8.22. The number of morpholine rings is 1. The van der Waals surface area contributed by atoms with Crippen LogP contribution in [0.15, 0.2) is 24.3 Å². The Morgan fingerprint density at radius 3 is 2.68 bits per heavy atom. The summed E-state index contributed by atoms with van der Waals surface area (Å²) in [5.41, 5.74) is 7.18. The van der Waals surface area contributed by atoms with E-state index in [-0.39, 0.29) is 24.5 Å². The number of carbonyl (C=O) groups excluding carboxylic acids is 3. The van der Waals surface area contributed by atoms with Crippen LogP contribution in [0.25, 0.3) is 0 Å². The summed E-state index contributed by atoms with van der Waals surface area (Å²) in [6.45, 7) is 2.15. The van der Waals surface area contributed by atoms with Crippen LogP contribution in [0.2, 0.25) is 0 Å². The number of primary amides is 1. The molecule has 2 heterocycles. The monoisotopic (exact) mass is 346 g/mol. The maximum atomic E-state index is 12.0. The lowest BCUT2D eigenvalue weighted by molar-refractivity contribution is -0.136. The minimum Gasteiger partial charge on any atom is -0.370 e. The minimum atomic E-state index is -0.824. The fourth-order valence-electron chi connectivity index (χ4n) is 3.24. The standard InChI is InChI=1S/C17H22N4O4/c1-20-9-13(15(16(18)23)17(20)24)19-8-11-2-4-12(5-3-11)21-6-7-25-10-14(21)22/h2-5,13,15,19H,6-10H2,1H3,(H2,18,23). The third-order valence-corrected chi connectivity index (χ3v) is 4.62. The summed E-state index contributed by atoms with van der Waals surface area (Å²) in [4.78, 5) is 38.5. The second kappa shape index (κ2) is 7.20. The third-order valence-electron chi connectivity index (χ3n) is 4.62. The van der Waals surface area contributed by atoms with E-state index in [2.05, 4.69) is 5.32 Å². The summed E-state index contributed by atoms with van der Waals surface area (Å²) >= 11 is 0. The molecule has 25 heavy (non-hydrogen) atoms. The Labute approximate surface area is 145 Å². The Kier molecular flexibility index (Phi) is 5.00. The Balaban J connectivity index is 1.61. The maximum absolute atomic E-state index is 12.0. The molecule has 3 rings (SSSR count). The number of rotatable bonds is 5. The van der Waals surface area contributed by atoms with E-state index in [1.54, 1.807) is 11.9 Å². The Bertz CT molecular complexity index is 676. The van der Waals surface area contributed by atoms with E-state index in [1.165, 1.54) is 4.90 Å². The van der Waals surface area contributed by atoms with Gasteiger partial charge in [-0.1, -0.05) is 12.1 Å². The third kappa shape index (κ3) is 3.64. The van der Waals surface area contributed by atoms with Gasteiger partial charge in [-0.25, -0.2) is 0 Å². The number of nitrogens with two attached hydrogens (primary N) is 1. The molecule has 0 saturated carbocycles. The summed E-state index contributed by atoms with van der Waals surface area (Å²) in [6, 6.07) is 7.32. The van der Waals surface area contributed by atoms with E-state index in [0.717, 1.165) is 11.3 Å². The van der Waals surface area contributed by atoms with Crippen LogP contribution >= 0.6 is 0 Å². The van der Waals surface area contributed by atoms with Crippen LogP contribution in [0, 0.1) is 5.92 Å². The van der Waals surface area contributed by atoms with Gasteiger partial charge in [-0.15, -0.1) is 0 Å². The predicted molar refractivity (Wildman–Crippen MR) is 90.6 cm³/mol. The molecule has 3 amide bonds. The number of amides is 3. The highest BCUT2D eigenvalue weighted by Crippen LogP contribution is 2.20. The van der Waals surface area contributed by atoms with E-state index in [9.17, 15) is 14.4 Å². The van der Waals surface area contributed by atoms with Crippen molar-refractivity contribution in [2.24, 2.45) is 11.7 Å². The van der Waals surface area contributed by atoms with Crippen molar-refractivity contribution < 1.29 is 19.1 Å². The minimum absolute atomic E-state index is 0.0473. The smallest absolute Gasteiger partial charge is 0.253 e. The number of nitrogens with one attached hydrogen (secondary N) is 1. The van der Waals surface area contributed by atoms with Crippen LogP contribution in [0.4, 0.5) is 5.69 Å². The number of likely N-dealkylation sites (N-methyl/N-ethyl adjacent to an activating group) is 1. The highest BCUT2D eigenvalue weighted by Gasteiger charge is 2.42. The molecule has 0 aliphatic carbocycles. The van der Waals surface area contributed by atoms with Crippen LogP contribution in [0.5, 0.6) is 0 Å². The molecule has 134 valence electrons. The zero-order chi connectivity index (χ0) is 18.0. The van der Waals surface area contributed by atoms with E-state index >= 15 is 0 Å². The highest BCUT2D eigenvalue weighted by molar-refractivity contribution is 6.02. The fourth-order valence-corrected chi connectivity index (χ4v) is 3.24. The van der Waals surface area contributed by atoms with Crippen molar-refractivity contribution in [3.8, 4) is 0 Å². The SMILES string of the molecule is CN1CC(NCc2ccc(N3CCOCC3=O)cc2)C(C(N)=O)C1=O. The number of anilines is 1. The number of benzene rings is 1. The second-order valence-electron chi connectivity index (χ2n) is 6.35. The Morgan fingerprint density at radius 2 is 2.04 bits per heavy atom. The molecular weight excluding hydrogens is 324 g/mol. The Morgan fingerprint density at radius 1 is 1.32 bits per heavy atom. The largest absolute Gasteiger partial charge is 0.370 e. The lowest BCUT2D eigenvalue weighted by Gasteiger charge is -2.27. The van der Waals surface area contributed by atoms with Crippen molar-refractivity contribution >= 4 is 23.4 Å². The lowest BCUT2D eigenvalue weighted by Crippen LogP contribution is -2.43. The molecule has 2 atom stereocenters. The first-order chi connectivity index (χ1) is 12.0. The van der Waals surface area contributed by atoms with Gasteiger partial charge in [0.25, 0.3) is 5.91 Å². The van der Waals surface area contributed by atoms with Gasteiger partial charge in [0.2, 0.25) is 11.8 Å². The van der Waals surface area contributed by atoms with Crippen molar-refractivity contribution in [1.29, 1.82) is 0 Å². The molecule has 0 radical (unpaired) electrons. The number of carbonyl (C=O) groups is 3. The maximum Gasteiger partial charge on any atom is 0.253 e. The molecule has 1 aromatic rings. The average Bonchev–Trinajstić information content (AvgIpc) is 2.88. The topological polar surface area (TPSA) is 105 Å². The van der Waals surface area contributed by atoms with E-state index in [4.69, 9.17) is 10.5 Å². The van der Waals surface area contributed by atoms with Gasteiger partial charge < -0.3 is 25.6 Å². The first-order valence-corrected chi connectivity index (χ1v) is 8.22. The number of hydrogen-bond acceptors (Lipinski definition) is 5. The molecule has 0 bridgehead atoms. The molecule has 1 aromatic carbocycles. The molecule has 0 aromatic heterocycles. The van der Waals surface area contributed by atoms with Gasteiger partial charge in [0, 0.05) is 38.4 Å². The van der Waals surface area contributed by atoms with Crippen molar-refractivity contribution in [2.45, 2.75) is 12.6 Å². The van der Waals surface area contributed by atoms with Gasteiger partial charge in [0.15, 0.2) is 0 Å². The summed E-state index contributed by atoms with van der Waals surface area (Å²) < 4.78 is 5.13. The van der Waals surface area contributed by atoms with Gasteiger partial charge in [-0.05, 0) is 17.7 Å². The summed E-state index contributed by atoms with van der Waals surface area (Å²) in [5.74, 6) is -1.72. The van der Waals surface area contributed by atoms with Crippen LogP contribution in [-0.2, 0) is 25.7 Å². The second-order valence-corrected chi connectivity index (χ2v) is 6.35. The zero-order valence-electron chi connectivity index (χ0n) is 14.1. The molecule has 0 spiro atoms. The summed E-state index contributed by atoms with van der Waals surface area (Å²) in [6.07, 6.45) is 0. The van der Waals surface area contributed by atoms with Crippen molar-refractivity contribution in [3.05, 3.63) is 29.8 Å². The quantitative estimate of drug-likeness (QED) is 0.671. The van der Waals surface area contributed by atoms with E-state index in [1.807, 2.05) is 24.3 Å². The van der Waals surface area contributed by atoms with Crippen molar-refractivity contribution in [2.75, 3.05) is 38.3 Å². The van der Waals surface area contributed by atoms with Crippen LogP contribution in [0.3, 0.4) is 0 Å². The van der Waals surface area contributed by atoms with Crippen molar-refractivity contribution in [3.63, 3.8) is 0 Å². The number of nitrogens with zero attached hydrogens (tertiary/aromatic N) is 2. The molecule has 2 aliphatic heterocycles. The van der Waals surface area contributed by atoms with Crippen LogP contribution < -0.4 is 16.0 Å². The number of likely N-dealkylation sites (tertiary alicyclic amines) is 1. The average molecular weight is 346 g/mol. The van der Waals surface area contributed by atoms with Crippen molar-refractivity contribution in [1.82, 2.24) is 10.2 Å². The predicted octanol–water partition coefficient (Wildman–Crippen LogP) is -0.918. The molecule has 2 saturated heterocycles. The van der Waals surface area contributed by atoms with Gasteiger partial charge in [-0.2, -0.15) is 0 Å². The zero-order valence-corrected chi connectivity index (χ0v) is 14.1. The van der Waals surface area contributed by atoms with Crippen LogP contribution in [0.1, 0.15) is 5.56 Å². The van der Waals surface area contributed by atoms with E-state index < -0.39 is 11.8 Å². The lowest BCUT2D eigenvalue weighted by atomic mass is 10.0. The van der Waals surface area contributed by atoms with Gasteiger partial charge in [0.05, 0.1) is 6.61 Å². The van der Waals surface area contributed by atoms with E-state index in [0.29, 0.717) is 26.2 Å². The summed E-state index contributed by atoms with van der Waals surface area (Å²) in [7, 11) is 1.66. The normalized spacial score (nSPS) is 24.0. The molecule has 2 unspecified atom stereocenters. The van der Waals surface area contributed by atoms with Gasteiger partial charge in [-0.3, -0.25) is 14.4 Å². The molecule has 2 aliphatic rings. The number of ether oxygens (including phenoxy) is 1. The van der Waals surface area contributed by atoms with Crippen LogP contribution in [-0.4, -0.2) is 62.0 Å². The van der Waals surface area contributed by atoms with Gasteiger partial charge >= 0.3 is 0 Å². The molecule has 8 heteroatoms. The number of hydrogen-bond donors (Lipinski definition) is 2. The fraction of sp³-hybridized carbons (Fsp3) is 0.471. The molecule has 3 N–H and O–H groups in total. The highest BCUT2D eigenvalue weighted by atomic mass is 16.5. The molecule has 2 fully saturated rings.